The van der Waals surface area contributed by atoms with Crippen LogP contribution in [0.4, 0.5) is 0 Å². The van der Waals surface area contributed by atoms with E-state index >= 15 is 0 Å². The van der Waals surface area contributed by atoms with Crippen LogP contribution < -0.4 is 5.32 Å². The Morgan fingerprint density at radius 3 is 2.42 bits per heavy atom. The number of carboxylic acids is 1. The first kappa shape index (κ1) is 19.9. The molecule has 1 unspecified atom stereocenters. The molecule has 0 saturated heterocycles. The van der Waals surface area contributed by atoms with Crippen LogP contribution in [0.15, 0.2) is 54.6 Å². The maximum Gasteiger partial charge on any atom is 0.332 e. The van der Waals surface area contributed by atoms with Crippen LogP contribution in [0.1, 0.15) is 22.3 Å². The number of carbonyl (C=O) groups excluding carboxylic acids is 1. The summed E-state index contributed by atoms with van der Waals surface area (Å²) in [5, 5.41) is 12.4. The summed E-state index contributed by atoms with van der Waals surface area (Å²) in [6.07, 6.45) is -0.931. The number of benzene rings is 2. The van der Waals surface area contributed by atoms with E-state index in [-0.39, 0.29) is 25.7 Å². The molecule has 1 atom stereocenters. The zero-order valence-corrected chi connectivity index (χ0v) is 14.8. The van der Waals surface area contributed by atoms with Crippen molar-refractivity contribution in [2.75, 3.05) is 13.3 Å². The highest BCUT2D eigenvalue weighted by Gasteiger charge is 2.18. The number of hydrogen-bond donors (Lipinski definition) is 2. The molecule has 7 heteroatoms. The van der Waals surface area contributed by atoms with Gasteiger partial charge in [-0.3, -0.25) is 4.79 Å². The van der Waals surface area contributed by atoms with Crippen LogP contribution in [-0.2, 0) is 20.9 Å². The van der Waals surface area contributed by atoms with E-state index < -0.39 is 12.1 Å². The second-order valence-corrected chi connectivity index (χ2v) is 5.93. The molecule has 2 aromatic rings. The van der Waals surface area contributed by atoms with Gasteiger partial charge < -0.3 is 19.9 Å². The van der Waals surface area contributed by atoms with Crippen molar-refractivity contribution in [3.8, 4) is 0 Å². The van der Waals surface area contributed by atoms with Crippen molar-refractivity contribution < 1.29 is 24.2 Å². The number of carboxylic acid groups (broad SMARTS) is 1. The molecule has 0 aliphatic heterocycles. The summed E-state index contributed by atoms with van der Waals surface area (Å²) in [5.74, 6) is -1.40. The number of rotatable bonds is 10. The number of amides is 1. The summed E-state index contributed by atoms with van der Waals surface area (Å²) < 4.78 is 10.6. The van der Waals surface area contributed by atoms with E-state index in [0.717, 1.165) is 5.56 Å². The maximum atomic E-state index is 12.0. The van der Waals surface area contributed by atoms with E-state index in [2.05, 4.69) is 5.32 Å². The Bertz CT molecular complexity index is 706. The van der Waals surface area contributed by atoms with Gasteiger partial charge in [0.2, 0.25) is 0 Å². The molecule has 138 valence electrons. The van der Waals surface area contributed by atoms with E-state index in [4.69, 9.17) is 21.1 Å². The van der Waals surface area contributed by atoms with Gasteiger partial charge in [0.05, 0.1) is 6.61 Å². The molecule has 6 nitrogen and oxygen atoms in total. The molecular weight excluding hydrogens is 358 g/mol. The molecule has 0 aliphatic rings. The molecule has 2 N–H and O–H groups in total. The molecule has 0 heterocycles. The van der Waals surface area contributed by atoms with Gasteiger partial charge in [0.15, 0.2) is 6.10 Å². The molecule has 0 bridgehead atoms. The summed E-state index contributed by atoms with van der Waals surface area (Å²) >= 11 is 5.77. The van der Waals surface area contributed by atoms with Crippen LogP contribution in [0.5, 0.6) is 0 Å². The summed E-state index contributed by atoms with van der Waals surface area (Å²) in [6.45, 7) is 0.356. The lowest BCUT2D eigenvalue weighted by Gasteiger charge is -2.14. The SMILES string of the molecule is O=C(NCCC(OCOCc1ccccc1)C(=O)O)c1ccc(Cl)cc1. The van der Waals surface area contributed by atoms with Crippen LogP contribution >= 0.6 is 11.6 Å². The van der Waals surface area contributed by atoms with Gasteiger partial charge in [-0.2, -0.15) is 0 Å². The zero-order chi connectivity index (χ0) is 18.8. The molecule has 0 aliphatic carbocycles. The number of aliphatic carboxylic acids is 1. The minimum atomic E-state index is -1.10. The van der Waals surface area contributed by atoms with Gasteiger partial charge in [0.1, 0.15) is 6.79 Å². The molecule has 0 saturated carbocycles. The monoisotopic (exact) mass is 377 g/mol. The predicted octanol–water partition coefficient (Wildman–Crippen LogP) is 3.10. The first-order valence-corrected chi connectivity index (χ1v) is 8.44. The molecule has 2 aromatic carbocycles. The van der Waals surface area contributed by atoms with E-state index in [1.54, 1.807) is 24.3 Å². The van der Waals surface area contributed by atoms with Crippen LogP contribution in [0, 0.1) is 0 Å². The Morgan fingerprint density at radius 2 is 1.77 bits per heavy atom. The van der Waals surface area contributed by atoms with Gasteiger partial charge >= 0.3 is 5.97 Å². The average Bonchev–Trinajstić information content (AvgIpc) is 2.64. The topological polar surface area (TPSA) is 84.9 Å². The van der Waals surface area contributed by atoms with E-state index in [1.807, 2.05) is 30.3 Å². The third-order valence-electron chi connectivity index (χ3n) is 3.54. The van der Waals surface area contributed by atoms with Gasteiger partial charge in [0, 0.05) is 23.6 Å². The Labute approximate surface area is 156 Å². The number of carbonyl (C=O) groups is 2. The summed E-state index contributed by atoms with van der Waals surface area (Å²) in [6, 6.07) is 15.9. The van der Waals surface area contributed by atoms with Gasteiger partial charge in [-0.05, 0) is 29.8 Å². The smallest absolute Gasteiger partial charge is 0.332 e. The lowest BCUT2D eigenvalue weighted by molar-refractivity contribution is -0.162. The second-order valence-electron chi connectivity index (χ2n) is 5.50. The van der Waals surface area contributed by atoms with Crippen molar-refractivity contribution in [3.63, 3.8) is 0 Å². The fourth-order valence-corrected chi connectivity index (χ4v) is 2.29. The lowest BCUT2D eigenvalue weighted by atomic mass is 10.2. The first-order valence-electron chi connectivity index (χ1n) is 8.06. The minimum Gasteiger partial charge on any atom is -0.479 e. The van der Waals surface area contributed by atoms with Crippen molar-refractivity contribution in [1.29, 1.82) is 0 Å². The number of ether oxygens (including phenoxy) is 2. The lowest BCUT2D eigenvalue weighted by Crippen LogP contribution is -2.32. The first-order chi connectivity index (χ1) is 12.6. The molecule has 26 heavy (non-hydrogen) atoms. The Morgan fingerprint density at radius 1 is 1.08 bits per heavy atom. The largest absolute Gasteiger partial charge is 0.479 e. The Hall–Kier alpha value is -2.41. The van der Waals surface area contributed by atoms with Gasteiger partial charge in [0.25, 0.3) is 5.91 Å². The van der Waals surface area contributed by atoms with Gasteiger partial charge in [-0.1, -0.05) is 41.9 Å². The second kappa shape index (κ2) is 10.6. The molecule has 1 amide bonds. The van der Waals surface area contributed by atoms with Crippen molar-refractivity contribution in [2.24, 2.45) is 0 Å². The van der Waals surface area contributed by atoms with Crippen LogP contribution in [-0.4, -0.2) is 36.4 Å². The van der Waals surface area contributed by atoms with Crippen molar-refractivity contribution in [3.05, 3.63) is 70.7 Å². The fraction of sp³-hybridized carbons (Fsp3) is 0.263. The minimum absolute atomic E-state index is 0.128. The molecule has 2 rings (SSSR count). The van der Waals surface area contributed by atoms with Gasteiger partial charge in [-0.25, -0.2) is 4.79 Å². The van der Waals surface area contributed by atoms with E-state index in [0.29, 0.717) is 17.2 Å². The number of hydrogen-bond acceptors (Lipinski definition) is 4. The Balaban J connectivity index is 1.69. The van der Waals surface area contributed by atoms with Crippen molar-refractivity contribution in [2.45, 2.75) is 19.1 Å². The standard InChI is InChI=1S/C19H20ClNO5/c20-16-8-6-15(7-9-16)18(22)21-11-10-17(19(23)24)26-13-25-12-14-4-2-1-3-5-14/h1-9,17H,10-13H2,(H,21,22)(H,23,24). The third kappa shape index (κ3) is 6.84. The number of nitrogens with one attached hydrogen (secondary N) is 1. The van der Waals surface area contributed by atoms with Crippen molar-refractivity contribution in [1.82, 2.24) is 5.32 Å². The van der Waals surface area contributed by atoms with Crippen LogP contribution in [0.2, 0.25) is 5.02 Å². The fourth-order valence-electron chi connectivity index (χ4n) is 2.16. The summed E-state index contributed by atoms with van der Waals surface area (Å²) in [7, 11) is 0. The van der Waals surface area contributed by atoms with Crippen LogP contribution in [0.25, 0.3) is 0 Å². The van der Waals surface area contributed by atoms with E-state index in [1.165, 1.54) is 0 Å². The maximum absolute atomic E-state index is 12.0. The van der Waals surface area contributed by atoms with Crippen LogP contribution in [0.3, 0.4) is 0 Å². The predicted molar refractivity (Wildman–Crippen MR) is 97.0 cm³/mol. The molecular formula is C19H20ClNO5. The quantitative estimate of drug-likeness (QED) is 0.491. The highest BCUT2D eigenvalue weighted by Crippen LogP contribution is 2.09. The third-order valence-corrected chi connectivity index (χ3v) is 3.79. The number of halogens is 1. The van der Waals surface area contributed by atoms with Crippen molar-refractivity contribution >= 4 is 23.5 Å². The Kier molecular flexibility index (Phi) is 8.08. The molecule has 0 spiro atoms. The van der Waals surface area contributed by atoms with E-state index in [9.17, 15) is 14.7 Å². The molecule has 0 fully saturated rings. The molecule has 0 aromatic heterocycles. The average molecular weight is 378 g/mol. The normalized spacial score (nSPS) is 11.7. The molecule has 0 radical (unpaired) electrons. The highest BCUT2D eigenvalue weighted by atomic mass is 35.5. The zero-order valence-electron chi connectivity index (χ0n) is 14.1. The summed E-state index contributed by atoms with van der Waals surface area (Å²) in [4.78, 5) is 23.2. The summed E-state index contributed by atoms with van der Waals surface area (Å²) in [5.41, 5.74) is 1.42. The highest BCUT2D eigenvalue weighted by molar-refractivity contribution is 6.30. The van der Waals surface area contributed by atoms with Gasteiger partial charge in [-0.15, -0.1) is 0 Å².